The van der Waals surface area contributed by atoms with Crippen LogP contribution < -0.4 is 5.32 Å². The Labute approximate surface area is 115 Å². The Morgan fingerprint density at radius 2 is 2.22 bits per heavy atom. The van der Waals surface area contributed by atoms with Crippen LogP contribution in [0, 0.1) is 5.82 Å². The lowest BCUT2D eigenvalue weighted by molar-refractivity contribution is 0.607. The van der Waals surface area contributed by atoms with Gasteiger partial charge in [-0.15, -0.1) is 11.3 Å². The van der Waals surface area contributed by atoms with Gasteiger partial charge in [0, 0.05) is 10.6 Å². The van der Waals surface area contributed by atoms with E-state index in [0.29, 0.717) is 6.04 Å². The highest BCUT2D eigenvalue weighted by molar-refractivity contribution is 7.10. The average Bonchev–Trinajstić information content (AvgIpc) is 2.83. The largest absolute Gasteiger partial charge is 0.378 e. The van der Waals surface area contributed by atoms with Crippen molar-refractivity contribution in [1.29, 1.82) is 0 Å². The van der Waals surface area contributed by atoms with Crippen LogP contribution in [0.15, 0.2) is 29.6 Å². The molecular formula is C14H13ClFNS. The van der Waals surface area contributed by atoms with Gasteiger partial charge in [0.1, 0.15) is 5.82 Å². The van der Waals surface area contributed by atoms with Gasteiger partial charge in [-0.2, -0.15) is 0 Å². The lowest BCUT2D eigenvalue weighted by atomic mass is 9.94. The molecule has 1 N–H and O–H groups in total. The predicted octanol–water partition coefficient (Wildman–Crippen LogP) is 5.03. The molecule has 3 rings (SSSR count). The first-order valence-electron chi connectivity index (χ1n) is 6.02. The fourth-order valence-electron chi connectivity index (χ4n) is 2.42. The highest BCUT2D eigenvalue weighted by atomic mass is 35.5. The molecule has 2 aromatic rings. The van der Waals surface area contributed by atoms with Crippen LogP contribution in [0.4, 0.5) is 10.1 Å². The van der Waals surface area contributed by atoms with Gasteiger partial charge in [0.15, 0.2) is 0 Å². The maximum Gasteiger partial charge on any atom is 0.141 e. The van der Waals surface area contributed by atoms with Gasteiger partial charge in [0.05, 0.1) is 11.1 Å². The molecule has 4 heteroatoms. The van der Waals surface area contributed by atoms with Crippen molar-refractivity contribution in [3.63, 3.8) is 0 Å². The zero-order chi connectivity index (χ0) is 12.5. The van der Waals surface area contributed by atoms with Crippen LogP contribution in [0.25, 0.3) is 0 Å². The summed E-state index contributed by atoms with van der Waals surface area (Å²) in [4.78, 5) is 1.46. The van der Waals surface area contributed by atoms with Gasteiger partial charge in [0.25, 0.3) is 0 Å². The first-order chi connectivity index (χ1) is 8.74. The number of rotatable bonds is 2. The van der Waals surface area contributed by atoms with Gasteiger partial charge < -0.3 is 5.32 Å². The molecule has 18 heavy (non-hydrogen) atoms. The summed E-state index contributed by atoms with van der Waals surface area (Å²) in [6.45, 7) is 0. The molecule has 1 unspecified atom stereocenters. The molecule has 0 radical (unpaired) electrons. The summed E-state index contributed by atoms with van der Waals surface area (Å²) in [6, 6.07) is 7.30. The highest BCUT2D eigenvalue weighted by Crippen LogP contribution is 2.35. The molecule has 1 atom stereocenters. The Morgan fingerprint density at radius 1 is 1.33 bits per heavy atom. The molecule has 1 aliphatic carbocycles. The van der Waals surface area contributed by atoms with Crippen molar-refractivity contribution in [2.75, 3.05) is 5.32 Å². The van der Waals surface area contributed by atoms with Gasteiger partial charge in [-0.3, -0.25) is 0 Å². The summed E-state index contributed by atoms with van der Waals surface area (Å²) >= 11 is 7.62. The normalized spacial score (nSPS) is 18.4. The van der Waals surface area contributed by atoms with E-state index in [9.17, 15) is 4.39 Å². The quantitative estimate of drug-likeness (QED) is 0.814. The number of nitrogens with one attached hydrogen (secondary N) is 1. The third-order valence-electron chi connectivity index (χ3n) is 3.31. The zero-order valence-corrected chi connectivity index (χ0v) is 11.3. The van der Waals surface area contributed by atoms with Crippen LogP contribution in [0.5, 0.6) is 0 Å². The summed E-state index contributed by atoms with van der Waals surface area (Å²) < 4.78 is 13.1. The molecule has 1 aromatic heterocycles. The number of anilines is 1. The summed E-state index contributed by atoms with van der Waals surface area (Å²) in [5, 5.41) is 5.76. The smallest absolute Gasteiger partial charge is 0.141 e. The van der Waals surface area contributed by atoms with Crippen molar-refractivity contribution < 1.29 is 4.39 Å². The Hall–Kier alpha value is -1.06. The van der Waals surface area contributed by atoms with Crippen LogP contribution in [-0.2, 0) is 6.42 Å². The van der Waals surface area contributed by atoms with E-state index in [4.69, 9.17) is 11.6 Å². The average molecular weight is 282 g/mol. The van der Waals surface area contributed by atoms with E-state index in [1.165, 1.54) is 29.3 Å². The van der Waals surface area contributed by atoms with E-state index in [1.54, 1.807) is 12.1 Å². The van der Waals surface area contributed by atoms with E-state index in [0.717, 1.165) is 12.1 Å². The fourth-order valence-corrected chi connectivity index (χ4v) is 3.59. The second-order valence-electron chi connectivity index (χ2n) is 4.52. The van der Waals surface area contributed by atoms with Crippen LogP contribution in [0.1, 0.15) is 29.3 Å². The predicted molar refractivity (Wildman–Crippen MR) is 75.0 cm³/mol. The molecule has 0 amide bonds. The number of halogens is 2. The molecule has 1 aliphatic rings. The lowest BCUT2D eigenvalue weighted by Gasteiger charge is -2.24. The summed E-state index contributed by atoms with van der Waals surface area (Å²) in [5.74, 6) is -0.373. The third-order valence-corrected chi connectivity index (χ3v) is 4.60. The molecule has 0 saturated heterocycles. The Morgan fingerprint density at radius 3 is 3.06 bits per heavy atom. The Bertz CT molecular complexity index is 567. The molecule has 1 nitrogen and oxygen atoms in total. The van der Waals surface area contributed by atoms with Crippen LogP contribution in [-0.4, -0.2) is 0 Å². The van der Waals surface area contributed by atoms with E-state index in [1.807, 2.05) is 11.3 Å². The fraction of sp³-hybridized carbons (Fsp3) is 0.286. The van der Waals surface area contributed by atoms with E-state index in [2.05, 4.69) is 16.8 Å². The minimum atomic E-state index is -0.373. The first-order valence-corrected chi connectivity index (χ1v) is 7.27. The van der Waals surface area contributed by atoms with Gasteiger partial charge in [-0.1, -0.05) is 11.6 Å². The van der Waals surface area contributed by atoms with Crippen LogP contribution >= 0.6 is 22.9 Å². The van der Waals surface area contributed by atoms with Gasteiger partial charge in [0.2, 0.25) is 0 Å². The van der Waals surface area contributed by atoms with Crippen molar-refractivity contribution in [3.8, 4) is 0 Å². The van der Waals surface area contributed by atoms with E-state index >= 15 is 0 Å². The summed E-state index contributed by atoms with van der Waals surface area (Å²) in [5.41, 5.74) is 2.26. The molecule has 1 aromatic carbocycles. The number of benzene rings is 1. The van der Waals surface area contributed by atoms with Crippen molar-refractivity contribution >= 4 is 28.6 Å². The molecule has 0 saturated carbocycles. The third kappa shape index (κ3) is 2.25. The second-order valence-corrected chi connectivity index (χ2v) is 5.93. The number of aryl methyl sites for hydroxylation is 1. The SMILES string of the molecule is Fc1ccc(NC2CCCc3sccc32)cc1Cl. The van der Waals surface area contributed by atoms with Gasteiger partial charge >= 0.3 is 0 Å². The minimum Gasteiger partial charge on any atom is -0.378 e. The van der Waals surface area contributed by atoms with Crippen LogP contribution in [0.2, 0.25) is 5.02 Å². The van der Waals surface area contributed by atoms with Gasteiger partial charge in [-0.05, 0) is 54.5 Å². The molecular weight excluding hydrogens is 269 g/mol. The van der Waals surface area contributed by atoms with Crippen molar-refractivity contribution in [2.24, 2.45) is 0 Å². The number of hydrogen-bond donors (Lipinski definition) is 1. The topological polar surface area (TPSA) is 12.0 Å². The summed E-state index contributed by atoms with van der Waals surface area (Å²) in [6.07, 6.45) is 3.48. The van der Waals surface area contributed by atoms with Crippen molar-refractivity contribution in [2.45, 2.75) is 25.3 Å². The molecule has 0 bridgehead atoms. The second kappa shape index (κ2) is 4.90. The molecule has 94 valence electrons. The highest BCUT2D eigenvalue weighted by Gasteiger charge is 2.21. The maximum absolute atomic E-state index is 13.1. The molecule has 0 aliphatic heterocycles. The molecule has 0 fully saturated rings. The number of thiophene rings is 1. The van der Waals surface area contributed by atoms with Crippen molar-refractivity contribution in [1.82, 2.24) is 0 Å². The molecule has 1 heterocycles. The zero-order valence-electron chi connectivity index (χ0n) is 9.75. The van der Waals surface area contributed by atoms with E-state index in [-0.39, 0.29) is 10.8 Å². The van der Waals surface area contributed by atoms with Crippen molar-refractivity contribution in [3.05, 3.63) is 50.9 Å². The summed E-state index contributed by atoms with van der Waals surface area (Å²) in [7, 11) is 0. The molecule has 0 spiro atoms. The van der Waals surface area contributed by atoms with Crippen LogP contribution in [0.3, 0.4) is 0 Å². The monoisotopic (exact) mass is 281 g/mol. The number of fused-ring (bicyclic) bond motifs is 1. The number of hydrogen-bond acceptors (Lipinski definition) is 2. The van der Waals surface area contributed by atoms with E-state index < -0.39 is 0 Å². The lowest BCUT2D eigenvalue weighted by Crippen LogP contribution is -2.15. The Balaban J connectivity index is 1.84. The minimum absolute atomic E-state index is 0.168. The standard InChI is InChI=1S/C14H13ClFNS/c15-11-8-9(4-5-12(11)16)17-13-2-1-3-14-10(13)6-7-18-14/h4-8,13,17H,1-3H2. The Kier molecular flexibility index (Phi) is 3.27. The first kappa shape index (κ1) is 12.0. The van der Waals surface area contributed by atoms with Gasteiger partial charge in [-0.25, -0.2) is 4.39 Å². The maximum atomic E-state index is 13.1.